The second kappa shape index (κ2) is 38.1. The fraction of sp³-hybridized carbons (Fsp3) is 0.0621. The molecule has 3 atom stereocenters. The molecule has 4 aliphatic rings. The summed E-state index contributed by atoms with van der Waals surface area (Å²) in [5.41, 5.74) is 49.1. The number of fused-ring (bicyclic) bond motifs is 13. The molecule has 3 heteroatoms. The zero-order chi connectivity index (χ0) is 99.4. The molecule has 3 nitrogen and oxygen atoms in total. The van der Waals surface area contributed by atoms with Crippen molar-refractivity contribution in [1.82, 2.24) is 0 Å². The van der Waals surface area contributed by atoms with Gasteiger partial charge >= 0.3 is 0 Å². The summed E-state index contributed by atoms with van der Waals surface area (Å²) < 4.78 is 0. The van der Waals surface area contributed by atoms with E-state index in [1.807, 2.05) is 0 Å². The molecule has 0 spiro atoms. The number of hydrogen-bond donors (Lipinski definition) is 0. The third-order valence-corrected chi connectivity index (χ3v) is 31.9. The van der Waals surface area contributed by atoms with E-state index in [1.54, 1.807) is 0 Å². The Morgan fingerprint density at radius 1 is 0.135 bits per heavy atom. The molecule has 3 unspecified atom stereocenters. The number of rotatable bonds is 18. The van der Waals surface area contributed by atoms with Crippen molar-refractivity contribution in [3.63, 3.8) is 0 Å². The minimum atomic E-state index is -0.281. The normalized spacial score (nSPS) is 15.2. The van der Waals surface area contributed by atoms with Crippen molar-refractivity contribution in [2.24, 2.45) is 0 Å². The average Bonchev–Trinajstić information content (AvgIpc) is 1.55. The number of benzene rings is 23. The van der Waals surface area contributed by atoms with Crippen molar-refractivity contribution in [3.8, 4) is 111 Å². The largest absolute Gasteiger partial charge is 0.310 e. The molecule has 0 fully saturated rings. The zero-order valence-electron chi connectivity index (χ0n) is 83.6. The first-order valence-electron chi connectivity index (χ1n) is 51.7. The van der Waals surface area contributed by atoms with Crippen LogP contribution >= 0.6 is 0 Å². The first kappa shape index (κ1) is 91.0. The van der Waals surface area contributed by atoms with E-state index in [2.05, 4.69) is 620 Å². The summed E-state index contributed by atoms with van der Waals surface area (Å²) in [6.45, 7) is 11.9. The zero-order valence-corrected chi connectivity index (χ0v) is 83.6. The van der Waals surface area contributed by atoms with Crippen LogP contribution in [0.1, 0.15) is 95.8 Å². The van der Waals surface area contributed by atoms with Gasteiger partial charge in [-0.25, -0.2) is 0 Å². The predicted octanol–water partition coefficient (Wildman–Crippen LogP) is 38.9. The Balaban J connectivity index is 0.000000115. The lowest BCUT2D eigenvalue weighted by molar-refractivity contribution is 0.660. The molecule has 0 aliphatic heterocycles. The minimum Gasteiger partial charge on any atom is -0.310 e. The van der Waals surface area contributed by atoms with Crippen molar-refractivity contribution >= 4 is 62.0 Å². The van der Waals surface area contributed by atoms with Gasteiger partial charge in [-0.05, 0) is 284 Å². The molecule has 0 heterocycles. The highest BCUT2D eigenvalue weighted by Crippen LogP contribution is 2.62. The summed E-state index contributed by atoms with van der Waals surface area (Å²) >= 11 is 0. The van der Waals surface area contributed by atoms with Gasteiger partial charge in [-0.3, -0.25) is 0 Å². The predicted molar refractivity (Wildman–Crippen MR) is 623 cm³/mol. The molecule has 704 valence electrons. The lowest BCUT2D eigenvalue weighted by Crippen LogP contribution is -2.22. The molecule has 27 rings (SSSR count). The van der Waals surface area contributed by atoms with Gasteiger partial charge in [0.2, 0.25) is 0 Å². The molecule has 0 aromatic heterocycles. The van der Waals surface area contributed by atoms with E-state index in [9.17, 15) is 0 Å². The van der Waals surface area contributed by atoms with Crippen molar-refractivity contribution in [3.05, 3.63) is 631 Å². The van der Waals surface area contributed by atoms with Gasteiger partial charge in [-0.2, -0.15) is 0 Å². The Morgan fingerprint density at radius 3 is 0.730 bits per heavy atom. The fourth-order valence-corrected chi connectivity index (χ4v) is 24.4. The molecule has 0 amide bonds. The monoisotopic (exact) mass is 1890 g/mol. The maximum absolute atomic E-state index is 2.49. The van der Waals surface area contributed by atoms with Gasteiger partial charge < -0.3 is 14.7 Å². The van der Waals surface area contributed by atoms with Crippen LogP contribution in [-0.4, -0.2) is 0 Å². The highest BCUT2D eigenvalue weighted by atomic mass is 15.2. The van der Waals surface area contributed by atoms with Gasteiger partial charge in [0.25, 0.3) is 0 Å². The summed E-state index contributed by atoms with van der Waals surface area (Å²) in [6, 6.07) is 208. The molecule has 0 N–H and O–H groups in total. The third kappa shape index (κ3) is 15.8. The number of nitrogens with zero attached hydrogens (tertiary/aromatic N) is 3. The Kier molecular flexibility index (Phi) is 23.4. The van der Waals surface area contributed by atoms with Crippen LogP contribution in [-0.2, 0) is 21.7 Å². The van der Waals surface area contributed by atoms with Crippen molar-refractivity contribution < 1.29 is 0 Å². The van der Waals surface area contributed by atoms with Crippen LogP contribution in [0, 0.1) is 0 Å². The van der Waals surface area contributed by atoms with E-state index in [-0.39, 0.29) is 21.7 Å². The molecule has 0 bridgehead atoms. The van der Waals surface area contributed by atoms with Gasteiger partial charge in [0.1, 0.15) is 0 Å². The first-order valence-corrected chi connectivity index (χ1v) is 51.7. The Hall–Kier alpha value is -18.3. The topological polar surface area (TPSA) is 9.72 Å². The maximum atomic E-state index is 2.49. The second-order valence-electron chi connectivity index (χ2n) is 40.4. The van der Waals surface area contributed by atoms with Gasteiger partial charge in [-0.15, -0.1) is 0 Å². The van der Waals surface area contributed by atoms with E-state index in [1.165, 1.54) is 206 Å². The van der Waals surface area contributed by atoms with E-state index in [4.69, 9.17) is 0 Å². The SMILES string of the molecule is CC1(C)c2ccccc2-c2ccc(N(c3ccc(-c4ccccc4)cc3)c3cccc4c3-c3ccccc3C4(C)c3ccccc3)cc21.CC1(c2ccccc2)c2ccccc2-c2c(N(c3ccc(-c4ccccc4)cc3)c3ccc(-c4ccccc4-c4ccccc4)cc3)cccc21.CC1(c2ccccc2)c2ccccc2-c2c(N(c3ccc(-c4ccccc4)cc3)c3ccc4cc(-c5ccccc5)ccc4c3)cccc21. The van der Waals surface area contributed by atoms with Crippen LogP contribution in [0.2, 0.25) is 0 Å². The van der Waals surface area contributed by atoms with E-state index < -0.39 is 0 Å². The molecule has 4 aliphatic carbocycles. The lowest BCUT2D eigenvalue weighted by atomic mass is 9.74. The molecule has 23 aromatic carbocycles. The van der Waals surface area contributed by atoms with Gasteiger partial charge in [0.05, 0.1) is 17.1 Å². The van der Waals surface area contributed by atoms with Crippen molar-refractivity contribution in [2.75, 3.05) is 14.7 Å². The Bertz CT molecular complexity index is 8840. The Morgan fingerprint density at radius 2 is 0.365 bits per heavy atom. The Labute approximate surface area is 869 Å². The van der Waals surface area contributed by atoms with Crippen LogP contribution in [0.5, 0.6) is 0 Å². The van der Waals surface area contributed by atoms with Crippen LogP contribution in [0.25, 0.3) is 122 Å². The van der Waals surface area contributed by atoms with Gasteiger partial charge in [0.15, 0.2) is 0 Å². The van der Waals surface area contributed by atoms with E-state index in [0.29, 0.717) is 0 Å². The molecular formula is C145H109N3. The summed E-state index contributed by atoms with van der Waals surface area (Å²) in [6.07, 6.45) is 0. The number of hydrogen-bond acceptors (Lipinski definition) is 3. The van der Waals surface area contributed by atoms with E-state index in [0.717, 1.165) is 28.4 Å². The smallest absolute Gasteiger partial charge is 0.0543 e. The maximum Gasteiger partial charge on any atom is 0.0543 e. The van der Waals surface area contributed by atoms with Gasteiger partial charge in [-0.1, -0.05) is 487 Å². The lowest BCUT2D eigenvalue weighted by Gasteiger charge is -2.31. The third-order valence-electron chi connectivity index (χ3n) is 31.9. The van der Waals surface area contributed by atoms with Crippen LogP contribution in [0.15, 0.2) is 570 Å². The quantitative estimate of drug-likeness (QED) is 0.0848. The van der Waals surface area contributed by atoms with E-state index >= 15 is 0 Å². The minimum absolute atomic E-state index is 0.0953. The highest BCUT2D eigenvalue weighted by Gasteiger charge is 2.47. The highest BCUT2D eigenvalue weighted by molar-refractivity contribution is 6.03. The molecular weight excluding hydrogens is 1780 g/mol. The van der Waals surface area contributed by atoms with Crippen LogP contribution in [0.3, 0.4) is 0 Å². The standard InChI is InChI=1S/C50H37N.C48H35N.C47H37N/c1-50(40-20-9-4-10-21-40)46-25-14-13-24-45(46)49-47(50)26-15-27-48(49)51(41-32-28-37(29-33-41)36-16-5-2-6-17-36)42-34-30-39(31-35-42)44-23-12-11-22-43(44)38-18-7-3-8-19-38;1-48(40-18-9-4-10-19-40)44-21-12-11-20-43(44)47-45(48)22-13-23-46(47)49(41-29-26-36(27-30-41)34-14-5-2-6-15-34)42-31-28-38-32-37(24-25-39(38)33-42)35-16-7-3-8-17-35;1-46(2)40-21-12-10-19-37(40)38-30-29-36(31-43(38)46)48(35-27-25-33(26-28-35)32-15-6-4-7-16-32)44-24-14-23-42-45(44)39-20-11-13-22-41(39)47(42,3)34-17-8-5-9-18-34/h2-35H,1H3;2-33H,1H3;4-31H,1-3H3. The molecule has 23 aromatic rings. The van der Waals surface area contributed by atoms with Crippen LogP contribution in [0.4, 0.5) is 51.2 Å². The fourth-order valence-electron chi connectivity index (χ4n) is 24.4. The van der Waals surface area contributed by atoms with Crippen molar-refractivity contribution in [1.29, 1.82) is 0 Å². The molecule has 0 saturated heterocycles. The first-order chi connectivity index (χ1) is 72.8. The summed E-state index contributed by atoms with van der Waals surface area (Å²) in [5, 5.41) is 2.44. The molecule has 0 radical (unpaired) electrons. The van der Waals surface area contributed by atoms with Crippen LogP contribution < -0.4 is 14.7 Å². The molecule has 148 heavy (non-hydrogen) atoms. The number of anilines is 9. The second-order valence-corrected chi connectivity index (χ2v) is 40.4. The van der Waals surface area contributed by atoms with Gasteiger partial charge in [0, 0.05) is 72.5 Å². The summed E-state index contributed by atoms with van der Waals surface area (Å²) in [5.74, 6) is 0. The summed E-state index contributed by atoms with van der Waals surface area (Å²) in [7, 11) is 0. The molecule has 0 saturated carbocycles. The summed E-state index contributed by atoms with van der Waals surface area (Å²) in [4.78, 5) is 7.38. The average molecular weight is 1890 g/mol. The van der Waals surface area contributed by atoms with Crippen molar-refractivity contribution in [2.45, 2.75) is 56.3 Å².